The molecule has 0 heterocycles. The van der Waals surface area contributed by atoms with E-state index in [9.17, 15) is 8.42 Å². The van der Waals surface area contributed by atoms with Gasteiger partial charge in [0, 0.05) is 18.6 Å². The first kappa shape index (κ1) is 15.8. The lowest BCUT2D eigenvalue weighted by Gasteiger charge is -2.21. The fourth-order valence-electron chi connectivity index (χ4n) is 1.62. The van der Waals surface area contributed by atoms with Gasteiger partial charge in [-0.1, -0.05) is 26.7 Å². The van der Waals surface area contributed by atoms with Crippen molar-refractivity contribution in [3.63, 3.8) is 0 Å². The second-order valence-corrected chi connectivity index (χ2v) is 5.90. The van der Waals surface area contributed by atoms with Crippen molar-refractivity contribution in [2.75, 3.05) is 6.54 Å². The first-order chi connectivity index (χ1) is 7.32. The van der Waals surface area contributed by atoms with Gasteiger partial charge in [0.15, 0.2) is 0 Å². The van der Waals surface area contributed by atoms with Gasteiger partial charge >= 0.3 is 0 Å². The predicted molar refractivity (Wildman–Crippen MR) is 67.2 cm³/mol. The third-order valence-electron chi connectivity index (χ3n) is 2.55. The van der Waals surface area contributed by atoms with E-state index in [1.165, 1.54) is 0 Å². The topological polar surface area (TPSA) is 84.2 Å². The fraction of sp³-hybridized carbons (Fsp3) is 1.00. The van der Waals surface area contributed by atoms with Crippen LogP contribution in [0.15, 0.2) is 0 Å². The van der Waals surface area contributed by atoms with E-state index in [2.05, 4.69) is 23.3 Å². The molecule has 0 saturated carbocycles. The highest BCUT2D eigenvalue weighted by Crippen LogP contribution is 2.10. The van der Waals surface area contributed by atoms with Crippen LogP contribution in [-0.2, 0) is 10.2 Å². The molecule has 0 bridgehead atoms. The minimum absolute atomic E-state index is 0.109. The normalized spacial score (nSPS) is 14.7. The Kier molecular flexibility index (Phi) is 7.14. The molecule has 0 aliphatic heterocycles. The monoisotopic (exact) mass is 251 g/mol. The van der Waals surface area contributed by atoms with Crippen LogP contribution in [0.4, 0.5) is 0 Å². The lowest BCUT2D eigenvalue weighted by molar-refractivity contribution is 0.391. The quantitative estimate of drug-likeness (QED) is 0.590. The fourth-order valence-corrected chi connectivity index (χ4v) is 2.73. The Balaban J connectivity index is 4.13. The molecule has 0 aliphatic carbocycles. The highest BCUT2D eigenvalue weighted by molar-refractivity contribution is 7.87. The lowest BCUT2D eigenvalue weighted by Crippen LogP contribution is -2.47. The van der Waals surface area contributed by atoms with Crippen LogP contribution < -0.4 is 15.2 Å². The molecule has 5 nitrogen and oxygen atoms in total. The standard InChI is InChI=1S/C10H25N3O2S/c1-5-9(6-2)10(11)7-12-16(14,15)13-8(3)4/h8-10,12-13H,5-7,11H2,1-4H3. The van der Waals surface area contributed by atoms with E-state index in [0.29, 0.717) is 5.92 Å². The summed E-state index contributed by atoms with van der Waals surface area (Å²) in [7, 11) is -3.41. The van der Waals surface area contributed by atoms with Crippen LogP contribution in [0.25, 0.3) is 0 Å². The molecular formula is C10H25N3O2S. The summed E-state index contributed by atoms with van der Waals surface area (Å²) in [6.07, 6.45) is 1.94. The first-order valence-corrected chi connectivity index (χ1v) is 7.33. The van der Waals surface area contributed by atoms with Gasteiger partial charge in [0.05, 0.1) is 0 Å². The molecule has 1 unspecified atom stereocenters. The summed E-state index contributed by atoms with van der Waals surface area (Å²) in [5, 5.41) is 0. The third-order valence-corrected chi connectivity index (χ3v) is 3.88. The smallest absolute Gasteiger partial charge is 0.277 e. The molecule has 0 aromatic rings. The Morgan fingerprint density at radius 3 is 2.06 bits per heavy atom. The average molecular weight is 251 g/mol. The van der Waals surface area contributed by atoms with Gasteiger partial charge in [0.2, 0.25) is 0 Å². The lowest BCUT2D eigenvalue weighted by atomic mass is 9.95. The van der Waals surface area contributed by atoms with Crippen molar-refractivity contribution in [2.45, 2.75) is 52.6 Å². The maximum absolute atomic E-state index is 11.5. The van der Waals surface area contributed by atoms with Crippen LogP contribution in [0, 0.1) is 5.92 Å². The van der Waals surface area contributed by atoms with Crippen molar-refractivity contribution < 1.29 is 8.42 Å². The van der Waals surface area contributed by atoms with Gasteiger partial charge in [0.1, 0.15) is 0 Å². The maximum atomic E-state index is 11.5. The van der Waals surface area contributed by atoms with Crippen LogP contribution in [0.5, 0.6) is 0 Å². The van der Waals surface area contributed by atoms with Crippen molar-refractivity contribution in [1.29, 1.82) is 0 Å². The summed E-state index contributed by atoms with van der Waals surface area (Å²) in [5.74, 6) is 0.363. The summed E-state index contributed by atoms with van der Waals surface area (Å²) < 4.78 is 27.9. The molecule has 0 radical (unpaired) electrons. The largest absolute Gasteiger partial charge is 0.326 e. The van der Waals surface area contributed by atoms with Gasteiger partial charge in [-0.05, 0) is 19.8 Å². The highest BCUT2D eigenvalue weighted by Gasteiger charge is 2.17. The second kappa shape index (κ2) is 7.21. The maximum Gasteiger partial charge on any atom is 0.277 e. The molecule has 0 saturated heterocycles. The molecule has 0 fully saturated rings. The van der Waals surface area contributed by atoms with Gasteiger partial charge in [-0.15, -0.1) is 0 Å². The zero-order valence-corrected chi connectivity index (χ0v) is 11.5. The predicted octanol–water partition coefficient (Wildman–Crippen LogP) is 0.582. The molecular weight excluding hydrogens is 226 g/mol. The molecule has 0 amide bonds. The number of nitrogens with one attached hydrogen (secondary N) is 2. The summed E-state index contributed by atoms with van der Waals surface area (Å²) in [4.78, 5) is 0. The molecule has 1 atom stereocenters. The first-order valence-electron chi connectivity index (χ1n) is 5.84. The molecule has 98 valence electrons. The van der Waals surface area contributed by atoms with E-state index in [1.54, 1.807) is 13.8 Å². The van der Waals surface area contributed by atoms with E-state index in [-0.39, 0.29) is 18.6 Å². The molecule has 0 aromatic heterocycles. The van der Waals surface area contributed by atoms with Gasteiger partial charge < -0.3 is 5.73 Å². The summed E-state index contributed by atoms with van der Waals surface area (Å²) >= 11 is 0. The molecule has 0 rings (SSSR count). The van der Waals surface area contributed by atoms with Crippen molar-refractivity contribution in [2.24, 2.45) is 11.7 Å². The minimum atomic E-state index is -3.41. The van der Waals surface area contributed by atoms with Crippen molar-refractivity contribution in [3.05, 3.63) is 0 Å². The molecule has 0 aromatic carbocycles. The van der Waals surface area contributed by atoms with Crippen LogP contribution >= 0.6 is 0 Å². The van der Waals surface area contributed by atoms with Crippen LogP contribution in [0.3, 0.4) is 0 Å². The number of rotatable bonds is 8. The zero-order chi connectivity index (χ0) is 12.8. The van der Waals surface area contributed by atoms with E-state index < -0.39 is 10.2 Å². The summed E-state index contributed by atoms with van der Waals surface area (Å²) in [6.45, 7) is 7.97. The Morgan fingerprint density at radius 1 is 1.19 bits per heavy atom. The van der Waals surface area contributed by atoms with E-state index >= 15 is 0 Å². The molecule has 4 N–H and O–H groups in total. The number of hydrogen-bond acceptors (Lipinski definition) is 3. The SMILES string of the molecule is CCC(CC)C(N)CNS(=O)(=O)NC(C)C. The van der Waals surface area contributed by atoms with Crippen molar-refractivity contribution in [1.82, 2.24) is 9.44 Å². The Labute approximate surface area is 99.4 Å². The van der Waals surface area contributed by atoms with E-state index in [1.807, 2.05) is 0 Å². The van der Waals surface area contributed by atoms with Gasteiger partial charge in [-0.25, -0.2) is 4.72 Å². The number of nitrogens with two attached hydrogens (primary N) is 1. The minimum Gasteiger partial charge on any atom is -0.326 e. The highest BCUT2D eigenvalue weighted by atomic mass is 32.2. The van der Waals surface area contributed by atoms with Crippen LogP contribution in [0.2, 0.25) is 0 Å². The zero-order valence-electron chi connectivity index (χ0n) is 10.7. The van der Waals surface area contributed by atoms with Gasteiger partial charge in [-0.2, -0.15) is 13.1 Å². The summed E-state index contributed by atoms with van der Waals surface area (Å²) in [5.41, 5.74) is 5.92. The van der Waals surface area contributed by atoms with Crippen molar-refractivity contribution >= 4 is 10.2 Å². The van der Waals surface area contributed by atoms with Crippen LogP contribution in [-0.4, -0.2) is 27.0 Å². The van der Waals surface area contributed by atoms with Gasteiger partial charge in [-0.3, -0.25) is 0 Å². The third kappa shape index (κ3) is 6.42. The Morgan fingerprint density at radius 2 is 1.69 bits per heavy atom. The Bertz CT molecular complexity index is 274. The molecule has 16 heavy (non-hydrogen) atoms. The van der Waals surface area contributed by atoms with Crippen LogP contribution in [0.1, 0.15) is 40.5 Å². The van der Waals surface area contributed by atoms with Gasteiger partial charge in [0.25, 0.3) is 10.2 Å². The van der Waals surface area contributed by atoms with E-state index in [0.717, 1.165) is 12.8 Å². The number of hydrogen-bond donors (Lipinski definition) is 3. The van der Waals surface area contributed by atoms with E-state index in [4.69, 9.17) is 5.73 Å². The molecule has 0 aliphatic rings. The Hall–Kier alpha value is -0.170. The molecule has 6 heteroatoms. The average Bonchev–Trinajstić information content (AvgIpc) is 2.15. The summed E-state index contributed by atoms with van der Waals surface area (Å²) in [6, 6.07) is -0.236. The van der Waals surface area contributed by atoms with Crippen molar-refractivity contribution in [3.8, 4) is 0 Å². The second-order valence-electron chi connectivity index (χ2n) is 4.36. The molecule has 0 spiro atoms.